The van der Waals surface area contributed by atoms with E-state index in [4.69, 9.17) is 27.4 Å². The monoisotopic (exact) mass is 488 g/mol. The van der Waals surface area contributed by atoms with Crippen LogP contribution in [0.1, 0.15) is 57.8 Å². The first-order valence-electron chi connectivity index (χ1n) is 13.3. The van der Waals surface area contributed by atoms with Gasteiger partial charge in [-0.1, -0.05) is 6.08 Å². The summed E-state index contributed by atoms with van der Waals surface area (Å²) in [5, 5.41) is 4.11. The molecule has 1 unspecified atom stereocenters. The number of likely N-dealkylation sites (tertiary alicyclic amines) is 1. The minimum atomic E-state index is -0.0675. The number of piperidine rings is 2. The predicted molar refractivity (Wildman–Crippen MR) is 136 cm³/mol. The van der Waals surface area contributed by atoms with Gasteiger partial charge in [0.2, 0.25) is 5.91 Å². The Balaban J connectivity index is 1.03. The molecule has 3 aliphatic heterocycles. The molecule has 0 bridgehead atoms. The SMILES string of the molecule is NC1C=CC(OC2CCN(C(=O)C3CCC(CN4CC5(CCNCC5)OC4=S)CC3)CC2)=CC1. The van der Waals surface area contributed by atoms with Gasteiger partial charge in [0.1, 0.15) is 17.5 Å². The summed E-state index contributed by atoms with van der Waals surface area (Å²) in [5.41, 5.74) is 5.82. The molecule has 5 rings (SSSR count). The van der Waals surface area contributed by atoms with E-state index >= 15 is 0 Å². The first-order valence-corrected chi connectivity index (χ1v) is 13.7. The average molecular weight is 489 g/mol. The molecule has 5 aliphatic rings. The first kappa shape index (κ1) is 24.1. The third kappa shape index (κ3) is 5.60. The van der Waals surface area contributed by atoms with Gasteiger partial charge < -0.3 is 30.3 Å². The third-order valence-electron chi connectivity index (χ3n) is 8.39. The van der Waals surface area contributed by atoms with E-state index < -0.39 is 0 Å². The Kier molecular flexibility index (Phi) is 7.46. The molecule has 188 valence electrons. The number of thiocarbonyl (C=S) groups is 1. The van der Waals surface area contributed by atoms with Gasteiger partial charge in [0.05, 0.1) is 6.54 Å². The van der Waals surface area contributed by atoms with Gasteiger partial charge in [-0.2, -0.15) is 0 Å². The molecule has 1 saturated carbocycles. The third-order valence-corrected chi connectivity index (χ3v) is 8.73. The minimum absolute atomic E-state index is 0.0675. The normalized spacial score (nSPS) is 32.0. The van der Waals surface area contributed by atoms with E-state index in [1.165, 1.54) is 0 Å². The maximum Gasteiger partial charge on any atom is 0.260 e. The largest absolute Gasteiger partial charge is 0.491 e. The Hall–Kier alpha value is -1.64. The zero-order valence-corrected chi connectivity index (χ0v) is 21.1. The van der Waals surface area contributed by atoms with Crippen molar-refractivity contribution in [2.75, 3.05) is 39.3 Å². The number of nitrogens with one attached hydrogen (secondary N) is 1. The molecule has 1 atom stereocenters. The van der Waals surface area contributed by atoms with Crippen LogP contribution in [0.5, 0.6) is 0 Å². The van der Waals surface area contributed by atoms with Gasteiger partial charge in [-0.25, -0.2) is 0 Å². The number of allylic oxidation sites excluding steroid dienone is 1. The fourth-order valence-electron chi connectivity index (χ4n) is 6.23. The van der Waals surface area contributed by atoms with E-state index in [1.807, 2.05) is 12.2 Å². The maximum atomic E-state index is 13.2. The summed E-state index contributed by atoms with van der Waals surface area (Å²) < 4.78 is 12.3. The summed E-state index contributed by atoms with van der Waals surface area (Å²) in [6.45, 7) is 5.54. The van der Waals surface area contributed by atoms with Crippen LogP contribution >= 0.6 is 12.2 Å². The number of ether oxygens (including phenoxy) is 2. The lowest BCUT2D eigenvalue weighted by molar-refractivity contribution is -0.139. The summed E-state index contributed by atoms with van der Waals surface area (Å²) >= 11 is 5.58. The number of rotatable bonds is 5. The van der Waals surface area contributed by atoms with Crippen molar-refractivity contribution in [3.63, 3.8) is 0 Å². The van der Waals surface area contributed by atoms with E-state index in [0.29, 0.717) is 17.0 Å². The van der Waals surface area contributed by atoms with Crippen LogP contribution in [-0.4, -0.2) is 77.9 Å². The second kappa shape index (κ2) is 10.5. The number of hydrogen-bond donors (Lipinski definition) is 2. The summed E-state index contributed by atoms with van der Waals surface area (Å²) in [6, 6.07) is 0.105. The highest BCUT2D eigenvalue weighted by Gasteiger charge is 2.44. The quantitative estimate of drug-likeness (QED) is 0.576. The molecule has 0 aromatic carbocycles. The highest BCUT2D eigenvalue weighted by Crippen LogP contribution is 2.35. The lowest BCUT2D eigenvalue weighted by Gasteiger charge is -2.37. The molecular weight excluding hydrogens is 448 g/mol. The van der Waals surface area contributed by atoms with Crippen molar-refractivity contribution in [3.05, 3.63) is 24.0 Å². The zero-order valence-electron chi connectivity index (χ0n) is 20.3. The van der Waals surface area contributed by atoms with Crippen LogP contribution in [0.25, 0.3) is 0 Å². The van der Waals surface area contributed by atoms with E-state index in [2.05, 4.69) is 21.2 Å². The molecule has 3 N–H and O–H groups in total. The van der Waals surface area contributed by atoms with Crippen LogP contribution in [0.2, 0.25) is 0 Å². The minimum Gasteiger partial charge on any atom is -0.491 e. The van der Waals surface area contributed by atoms with Gasteiger partial charge in [0, 0.05) is 57.3 Å². The molecule has 0 aromatic rings. The number of nitrogens with two attached hydrogens (primary N) is 1. The van der Waals surface area contributed by atoms with Crippen molar-refractivity contribution in [1.29, 1.82) is 0 Å². The van der Waals surface area contributed by atoms with E-state index in [-0.39, 0.29) is 23.7 Å². The summed E-state index contributed by atoms with van der Waals surface area (Å²) in [4.78, 5) is 17.6. The molecule has 2 aliphatic carbocycles. The van der Waals surface area contributed by atoms with Crippen LogP contribution in [0.3, 0.4) is 0 Å². The Bertz CT molecular complexity index is 809. The topological polar surface area (TPSA) is 80.1 Å². The van der Waals surface area contributed by atoms with Crippen LogP contribution in [-0.2, 0) is 14.3 Å². The highest BCUT2D eigenvalue weighted by atomic mass is 32.1. The van der Waals surface area contributed by atoms with Crippen molar-refractivity contribution < 1.29 is 14.3 Å². The van der Waals surface area contributed by atoms with Crippen LogP contribution in [0.4, 0.5) is 0 Å². The van der Waals surface area contributed by atoms with Gasteiger partial charge in [-0.3, -0.25) is 4.79 Å². The van der Waals surface area contributed by atoms with Crippen molar-refractivity contribution in [2.45, 2.75) is 75.5 Å². The van der Waals surface area contributed by atoms with Gasteiger partial charge in [0.25, 0.3) is 5.17 Å². The van der Waals surface area contributed by atoms with E-state index in [0.717, 1.165) is 103 Å². The molecule has 0 aromatic heterocycles. The molecule has 34 heavy (non-hydrogen) atoms. The van der Waals surface area contributed by atoms with Crippen molar-refractivity contribution in [1.82, 2.24) is 15.1 Å². The Morgan fingerprint density at radius 3 is 2.59 bits per heavy atom. The number of hydrogen-bond acceptors (Lipinski definition) is 6. The fraction of sp³-hybridized carbons (Fsp3) is 0.769. The van der Waals surface area contributed by atoms with E-state index in [9.17, 15) is 4.79 Å². The molecular formula is C26H40N4O3S. The maximum absolute atomic E-state index is 13.2. The standard InChI is InChI=1S/C26H40N4O3S/c27-21-5-7-22(8-6-21)32-23-9-15-29(16-10-23)24(31)20-3-1-19(2-4-20)17-30-18-26(33-25(30)34)11-13-28-14-12-26/h5,7-8,19-21,23,28H,1-4,6,9-18,27H2. The molecule has 4 fully saturated rings. The lowest BCUT2D eigenvalue weighted by Crippen LogP contribution is -2.45. The Morgan fingerprint density at radius 1 is 1.18 bits per heavy atom. The molecule has 3 heterocycles. The molecule has 1 spiro atoms. The second-order valence-corrected chi connectivity index (χ2v) is 11.3. The Morgan fingerprint density at radius 2 is 1.91 bits per heavy atom. The van der Waals surface area contributed by atoms with Crippen LogP contribution in [0, 0.1) is 11.8 Å². The van der Waals surface area contributed by atoms with Crippen molar-refractivity contribution in [2.24, 2.45) is 17.6 Å². The average Bonchev–Trinajstić information content (AvgIpc) is 3.15. The number of amides is 1. The fourth-order valence-corrected chi connectivity index (χ4v) is 6.54. The first-order chi connectivity index (χ1) is 16.5. The molecule has 0 radical (unpaired) electrons. The zero-order chi connectivity index (χ0) is 23.5. The Labute approximate surface area is 209 Å². The number of carbonyl (C=O) groups excluding carboxylic acids is 1. The summed E-state index contributed by atoms with van der Waals surface area (Å²) in [7, 11) is 0. The van der Waals surface area contributed by atoms with Gasteiger partial charge >= 0.3 is 0 Å². The van der Waals surface area contributed by atoms with Gasteiger partial charge in [0.15, 0.2) is 0 Å². The molecule has 7 nitrogen and oxygen atoms in total. The molecule has 3 saturated heterocycles. The second-order valence-electron chi connectivity index (χ2n) is 10.9. The van der Waals surface area contributed by atoms with Crippen LogP contribution in [0.15, 0.2) is 24.0 Å². The number of nitrogens with zero attached hydrogens (tertiary/aromatic N) is 2. The molecule has 8 heteroatoms. The van der Waals surface area contributed by atoms with Crippen molar-refractivity contribution in [3.8, 4) is 0 Å². The highest BCUT2D eigenvalue weighted by molar-refractivity contribution is 7.80. The lowest BCUT2D eigenvalue weighted by atomic mass is 9.80. The van der Waals surface area contributed by atoms with E-state index in [1.54, 1.807) is 0 Å². The number of carbonyl (C=O) groups is 1. The summed E-state index contributed by atoms with van der Waals surface area (Å²) in [5.74, 6) is 2.07. The summed E-state index contributed by atoms with van der Waals surface area (Å²) in [6.07, 6.45) is 15.2. The van der Waals surface area contributed by atoms with Gasteiger partial charge in [-0.05, 0) is 75.5 Å². The predicted octanol–water partition coefficient (Wildman–Crippen LogP) is 2.71. The smallest absolute Gasteiger partial charge is 0.260 e. The molecule has 1 amide bonds. The van der Waals surface area contributed by atoms with Crippen molar-refractivity contribution >= 4 is 23.3 Å². The van der Waals surface area contributed by atoms with Crippen LogP contribution < -0.4 is 11.1 Å². The van der Waals surface area contributed by atoms with Gasteiger partial charge in [-0.15, -0.1) is 0 Å².